The lowest BCUT2D eigenvalue weighted by atomic mass is 9.75. The van der Waals surface area contributed by atoms with Gasteiger partial charge in [0.15, 0.2) is 0 Å². The van der Waals surface area contributed by atoms with Crippen molar-refractivity contribution in [3.8, 4) is 11.1 Å². The van der Waals surface area contributed by atoms with Crippen LogP contribution in [0.3, 0.4) is 0 Å². The van der Waals surface area contributed by atoms with Gasteiger partial charge in [0.2, 0.25) is 5.91 Å². The van der Waals surface area contributed by atoms with Gasteiger partial charge in [-0.15, -0.1) is 0 Å². The highest BCUT2D eigenvalue weighted by Gasteiger charge is 2.31. The molecular formula is C27H35F3N2O. The fourth-order valence-electron chi connectivity index (χ4n) is 5.02. The van der Waals surface area contributed by atoms with Crippen LogP contribution in [0.15, 0.2) is 36.4 Å². The van der Waals surface area contributed by atoms with E-state index < -0.39 is 6.18 Å². The van der Waals surface area contributed by atoms with Crippen molar-refractivity contribution < 1.29 is 18.0 Å². The van der Waals surface area contributed by atoms with E-state index >= 15 is 0 Å². The van der Waals surface area contributed by atoms with Gasteiger partial charge in [0.1, 0.15) is 0 Å². The zero-order valence-corrected chi connectivity index (χ0v) is 20.1. The first kappa shape index (κ1) is 25.3. The van der Waals surface area contributed by atoms with E-state index in [4.69, 9.17) is 5.73 Å². The third-order valence-corrected chi connectivity index (χ3v) is 6.98. The molecule has 1 aliphatic carbocycles. The van der Waals surface area contributed by atoms with Crippen LogP contribution in [0.1, 0.15) is 73.5 Å². The Labute approximate surface area is 195 Å². The molecule has 180 valence electrons. The topological polar surface area (TPSA) is 46.3 Å². The minimum absolute atomic E-state index is 0.188. The van der Waals surface area contributed by atoms with Crippen molar-refractivity contribution in [2.24, 2.45) is 11.1 Å². The van der Waals surface area contributed by atoms with Gasteiger partial charge in [-0.3, -0.25) is 9.69 Å². The molecule has 4 rings (SSSR count). The van der Waals surface area contributed by atoms with Crippen molar-refractivity contribution in [3.63, 3.8) is 0 Å². The zero-order valence-electron chi connectivity index (χ0n) is 20.1. The van der Waals surface area contributed by atoms with E-state index in [0.29, 0.717) is 11.0 Å². The fourth-order valence-corrected chi connectivity index (χ4v) is 5.02. The minimum Gasteiger partial charge on any atom is -0.366 e. The second-order valence-corrected chi connectivity index (χ2v) is 10.2. The fraction of sp³-hybridized carbons (Fsp3) is 0.519. The third kappa shape index (κ3) is 6.83. The number of amides is 1. The van der Waals surface area contributed by atoms with Crippen molar-refractivity contribution >= 4 is 5.91 Å². The Hall–Kier alpha value is -2.34. The summed E-state index contributed by atoms with van der Waals surface area (Å²) in [4.78, 5) is 14.4. The first-order valence-electron chi connectivity index (χ1n) is 11.7. The monoisotopic (exact) mass is 460 g/mol. The Kier molecular flexibility index (Phi) is 7.57. The second kappa shape index (κ2) is 9.88. The quantitative estimate of drug-likeness (QED) is 0.557. The first-order valence-corrected chi connectivity index (χ1v) is 11.7. The summed E-state index contributed by atoms with van der Waals surface area (Å²) in [5.41, 5.74) is 12.8. The molecule has 0 bridgehead atoms. The average molecular weight is 461 g/mol. The summed E-state index contributed by atoms with van der Waals surface area (Å²) in [7, 11) is 0. The SMILES string of the molecule is CC(F)(F)F.Cc1c(C(N)=O)cccc1-c1ccc2c(c1)CCN(C1CCC(C)(C)CC1)C2. The number of hydrogen-bond acceptors (Lipinski definition) is 2. The molecule has 1 fully saturated rings. The molecule has 0 atom stereocenters. The maximum absolute atomic E-state index is 11.7. The third-order valence-electron chi connectivity index (χ3n) is 6.98. The summed E-state index contributed by atoms with van der Waals surface area (Å²) in [5.74, 6) is -0.358. The van der Waals surface area contributed by atoms with E-state index in [9.17, 15) is 18.0 Å². The number of rotatable bonds is 3. The summed E-state index contributed by atoms with van der Waals surface area (Å²) < 4.78 is 31.1. The molecule has 0 radical (unpaired) electrons. The molecule has 2 N–H and O–H groups in total. The molecular weight excluding hydrogens is 425 g/mol. The van der Waals surface area contributed by atoms with E-state index in [-0.39, 0.29) is 12.8 Å². The van der Waals surface area contributed by atoms with Gasteiger partial charge < -0.3 is 5.73 Å². The number of primary amides is 1. The van der Waals surface area contributed by atoms with Gasteiger partial charge in [-0.25, -0.2) is 0 Å². The molecule has 0 saturated heterocycles. The summed E-state index contributed by atoms with van der Waals surface area (Å²) >= 11 is 0. The van der Waals surface area contributed by atoms with Crippen LogP contribution in [0, 0.1) is 12.3 Å². The highest BCUT2D eigenvalue weighted by molar-refractivity contribution is 5.96. The van der Waals surface area contributed by atoms with Crippen LogP contribution in [0.4, 0.5) is 13.2 Å². The molecule has 2 aliphatic rings. The lowest BCUT2D eigenvalue weighted by Gasteiger charge is -2.42. The normalized spacial score (nSPS) is 18.8. The molecule has 0 spiro atoms. The van der Waals surface area contributed by atoms with E-state index in [1.165, 1.54) is 42.4 Å². The van der Waals surface area contributed by atoms with Crippen molar-refractivity contribution in [2.45, 2.75) is 78.6 Å². The zero-order chi connectivity index (χ0) is 24.4. The van der Waals surface area contributed by atoms with Crippen molar-refractivity contribution in [1.82, 2.24) is 4.90 Å². The minimum atomic E-state index is -4.00. The lowest BCUT2D eigenvalue weighted by Crippen LogP contribution is -2.42. The van der Waals surface area contributed by atoms with Crippen LogP contribution >= 0.6 is 0 Å². The van der Waals surface area contributed by atoms with E-state index in [1.54, 1.807) is 0 Å². The van der Waals surface area contributed by atoms with Crippen molar-refractivity contribution in [1.29, 1.82) is 0 Å². The molecule has 0 aromatic heterocycles. The highest BCUT2D eigenvalue weighted by atomic mass is 19.4. The number of hydrogen-bond donors (Lipinski definition) is 1. The van der Waals surface area contributed by atoms with Crippen LogP contribution < -0.4 is 5.73 Å². The number of nitrogens with zero attached hydrogens (tertiary/aromatic N) is 1. The van der Waals surface area contributed by atoms with Gasteiger partial charge in [-0.1, -0.05) is 44.2 Å². The van der Waals surface area contributed by atoms with Gasteiger partial charge in [-0.05, 0) is 78.3 Å². The van der Waals surface area contributed by atoms with Crippen molar-refractivity contribution in [2.75, 3.05) is 6.54 Å². The maximum Gasteiger partial charge on any atom is 0.386 e. The predicted octanol–water partition coefficient (Wildman–Crippen LogP) is 6.66. The molecule has 2 aromatic rings. The number of alkyl halides is 3. The predicted molar refractivity (Wildman–Crippen MR) is 127 cm³/mol. The number of benzene rings is 2. The number of halogens is 3. The van der Waals surface area contributed by atoms with Gasteiger partial charge in [0, 0.05) is 31.6 Å². The average Bonchev–Trinajstić information content (AvgIpc) is 2.72. The molecule has 33 heavy (non-hydrogen) atoms. The van der Waals surface area contributed by atoms with Gasteiger partial charge in [-0.2, -0.15) is 13.2 Å². The molecule has 1 heterocycles. The van der Waals surface area contributed by atoms with Crippen LogP contribution in [-0.4, -0.2) is 29.6 Å². The van der Waals surface area contributed by atoms with Crippen LogP contribution in [0.5, 0.6) is 0 Å². The second-order valence-electron chi connectivity index (χ2n) is 10.2. The Morgan fingerprint density at radius 2 is 1.73 bits per heavy atom. The number of nitrogens with two attached hydrogens (primary N) is 1. The molecule has 3 nitrogen and oxygen atoms in total. The molecule has 1 saturated carbocycles. The first-order chi connectivity index (χ1) is 15.3. The molecule has 2 aromatic carbocycles. The van der Waals surface area contributed by atoms with E-state index in [0.717, 1.165) is 36.7 Å². The molecule has 0 unspecified atom stereocenters. The smallest absolute Gasteiger partial charge is 0.366 e. The Morgan fingerprint density at radius 3 is 2.33 bits per heavy atom. The Morgan fingerprint density at radius 1 is 1.09 bits per heavy atom. The lowest BCUT2D eigenvalue weighted by molar-refractivity contribution is -0.110. The summed E-state index contributed by atoms with van der Waals surface area (Å²) in [6.45, 7) is 9.22. The van der Waals surface area contributed by atoms with E-state index in [2.05, 4.69) is 43.0 Å². The van der Waals surface area contributed by atoms with Gasteiger partial charge in [0.25, 0.3) is 0 Å². The summed E-state index contributed by atoms with van der Waals surface area (Å²) in [6.07, 6.45) is 2.46. The molecule has 6 heteroatoms. The van der Waals surface area contributed by atoms with Crippen LogP contribution in [-0.2, 0) is 13.0 Å². The highest BCUT2D eigenvalue weighted by Crippen LogP contribution is 2.38. The van der Waals surface area contributed by atoms with E-state index in [1.807, 2.05) is 19.1 Å². The van der Waals surface area contributed by atoms with Crippen LogP contribution in [0.2, 0.25) is 0 Å². The summed E-state index contributed by atoms with van der Waals surface area (Å²) in [5, 5.41) is 0. The number of carbonyl (C=O) groups excluding carboxylic acids is 1. The molecule has 1 amide bonds. The molecule has 1 aliphatic heterocycles. The van der Waals surface area contributed by atoms with Crippen LogP contribution in [0.25, 0.3) is 11.1 Å². The Balaban J connectivity index is 0.000000555. The maximum atomic E-state index is 11.7. The standard InChI is InChI=1S/C25H32N2O.C2H3F3/c1-17-22(5-4-6-23(17)24(26)28)19-7-8-20-16-27(14-11-18(20)15-19)21-9-12-25(2,3)13-10-21;1-2(3,4)5/h4-8,15,21H,9-14,16H2,1-3H3,(H2,26,28);1H3. The van der Waals surface area contributed by atoms with Crippen molar-refractivity contribution in [3.05, 3.63) is 58.7 Å². The number of fused-ring (bicyclic) bond motifs is 1. The number of carbonyl (C=O) groups is 1. The Bertz CT molecular complexity index is 981. The van der Waals surface area contributed by atoms with Gasteiger partial charge in [0.05, 0.1) is 0 Å². The van der Waals surface area contributed by atoms with Gasteiger partial charge >= 0.3 is 6.18 Å². The largest absolute Gasteiger partial charge is 0.386 e. The summed E-state index contributed by atoms with van der Waals surface area (Å²) in [6, 6.07) is 13.4.